The molecule has 28 heavy (non-hydrogen) atoms. The van der Waals surface area contributed by atoms with Gasteiger partial charge in [-0.1, -0.05) is 26.0 Å². The van der Waals surface area contributed by atoms with Gasteiger partial charge in [0.2, 0.25) is 0 Å². The Morgan fingerprint density at radius 1 is 1.21 bits per heavy atom. The molecule has 1 unspecified atom stereocenters. The third-order valence-electron chi connectivity index (χ3n) is 4.87. The molecule has 0 aliphatic carbocycles. The Labute approximate surface area is 170 Å². The van der Waals surface area contributed by atoms with Crippen molar-refractivity contribution in [3.8, 4) is 5.75 Å². The van der Waals surface area contributed by atoms with Gasteiger partial charge in [0.25, 0.3) is 0 Å². The molecule has 0 radical (unpaired) electrons. The number of rotatable bonds is 11. The number of likely N-dealkylation sites (tertiary alicyclic amines) is 1. The van der Waals surface area contributed by atoms with Crippen LogP contribution in [0.3, 0.4) is 0 Å². The van der Waals surface area contributed by atoms with E-state index in [9.17, 15) is 0 Å². The minimum Gasteiger partial charge on any atom is -0.492 e. The second-order valence-electron chi connectivity index (χ2n) is 7.48. The number of methoxy groups -OCH3 is 1. The molecule has 0 spiro atoms. The molecule has 0 bridgehead atoms. The van der Waals surface area contributed by atoms with E-state index in [2.05, 4.69) is 43.1 Å². The molecule has 1 fully saturated rings. The lowest BCUT2D eigenvalue weighted by Gasteiger charge is -2.21. The van der Waals surface area contributed by atoms with Crippen LogP contribution in [0.25, 0.3) is 0 Å². The van der Waals surface area contributed by atoms with E-state index in [0.717, 1.165) is 44.4 Å². The van der Waals surface area contributed by atoms with Crippen LogP contribution in [-0.4, -0.2) is 70.6 Å². The topological polar surface area (TPSA) is 55.3 Å². The van der Waals surface area contributed by atoms with Crippen LogP contribution in [0.15, 0.2) is 29.3 Å². The molecule has 1 heterocycles. The number of aliphatic imine (C=N–C) groups is 1. The summed E-state index contributed by atoms with van der Waals surface area (Å²) in [4.78, 5) is 7.07. The Bertz CT molecular complexity index is 575. The maximum atomic E-state index is 5.84. The van der Waals surface area contributed by atoms with Gasteiger partial charge in [0.15, 0.2) is 5.96 Å². The van der Waals surface area contributed by atoms with Crippen LogP contribution in [-0.2, 0) is 9.47 Å². The van der Waals surface area contributed by atoms with Gasteiger partial charge >= 0.3 is 0 Å². The van der Waals surface area contributed by atoms with E-state index in [1.807, 2.05) is 12.1 Å². The van der Waals surface area contributed by atoms with Gasteiger partial charge in [0, 0.05) is 32.7 Å². The summed E-state index contributed by atoms with van der Waals surface area (Å²) in [6.45, 7) is 12.7. The second kappa shape index (κ2) is 12.6. The minimum absolute atomic E-state index is 0.538. The normalized spacial score (nSPS) is 17.4. The Hall–Kier alpha value is -1.79. The van der Waals surface area contributed by atoms with Crippen LogP contribution in [0.1, 0.15) is 38.7 Å². The molecule has 1 N–H and O–H groups in total. The standard InChI is InChI=1S/C22H37N3O3/c1-5-23-22(25-12-10-19(16-25)17-27-15-14-26-4)24-11-13-28-21-8-6-20(7-9-21)18(2)3/h6-9,18-19H,5,10-17H2,1-4H3,(H,23,24). The van der Waals surface area contributed by atoms with Crippen molar-refractivity contribution in [2.45, 2.75) is 33.1 Å². The zero-order chi connectivity index (χ0) is 20.2. The molecule has 1 aliphatic heterocycles. The average Bonchev–Trinajstić information content (AvgIpc) is 3.17. The molecule has 1 saturated heterocycles. The van der Waals surface area contributed by atoms with Gasteiger partial charge in [-0.05, 0) is 37.0 Å². The largest absolute Gasteiger partial charge is 0.492 e. The number of guanidine groups is 1. The number of nitrogens with one attached hydrogen (secondary N) is 1. The molecule has 1 atom stereocenters. The van der Waals surface area contributed by atoms with Crippen molar-refractivity contribution in [1.29, 1.82) is 0 Å². The van der Waals surface area contributed by atoms with Crippen molar-refractivity contribution < 1.29 is 14.2 Å². The molecule has 6 nitrogen and oxygen atoms in total. The Morgan fingerprint density at radius 3 is 2.68 bits per heavy atom. The van der Waals surface area contributed by atoms with Crippen molar-refractivity contribution in [1.82, 2.24) is 10.2 Å². The monoisotopic (exact) mass is 391 g/mol. The first-order chi connectivity index (χ1) is 13.6. The van der Waals surface area contributed by atoms with Gasteiger partial charge in [-0.15, -0.1) is 0 Å². The highest BCUT2D eigenvalue weighted by atomic mass is 16.5. The van der Waals surface area contributed by atoms with E-state index in [1.165, 1.54) is 5.56 Å². The summed E-state index contributed by atoms with van der Waals surface area (Å²) in [5.74, 6) is 2.96. The van der Waals surface area contributed by atoms with Crippen molar-refractivity contribution in [2.24, 2.45) is 10.9 Å². The summed E-state index contributed by atoms with van der Waals surface area (Å²) < 4.78 is 16.6. The third-order valence-corrected chi connectivity index (χ3v) is 4.87. The Balaban J connectivity index is 1.75. The number of benzene rings is 1. The number of hydrogen-bond acceptors (Lipinski definition) is 4. The molecule has 0 saturated carbocycles. The quantitative estimate of drug-likeness (QED) is 0.357. The summed E-state index contributed by atoms with van der Waals surface area (Å²) in [5, 5.41) is 3.40. The fourth-order valence-corrected chi connectivity index (χ4v) is 3.24. The lowest BCUT2D eigenvalue weighted by Crippen LogP contribution is -2.40. The maximum absolute atomic E-state index is 5.84. The summed E-state index contributed by atoms with van der Waals surface area (Å²) in [6, 6.07) is 8.34. The van der Waals surface area contributed by atoms with Crippen molar-refractivity contribution in [3.63, 3.8) is 0 Å². The highest BCUT2D eigenvalue weighted by molar-refractivity contribution is 5.80. The average molecular weight is 392 g/mol. The smallest absolute Gasteiger partial charge is 0.194 e. The lowest BCUT2D eigenvalue weighted by atomic mass is 10.0. The Kier molecular flexibility index (Phi) is 10.1. The van der Waals surface area contributed by atoms with E-state index in [1.54, 1.807) is 7.11 Å². The number of ether oxygens (including phenoxy) is 3. The fourth-order valence-electron chi connectivity index (χ4n) is 3.24. The minimum atomic E-state index is 0.538. The lowest BCUT2D eigenvalue weighted by molar-refractivity contribution is 0.0536. The first kappa shape index (κ1) is 22.5. The predicted molar refractivity (Wildman–Crippen MR) is 114 cm³/mol. The molecule has 1 aromatic rings. The molecule has 6 heteroatoms. The molecular formula is C22H37N3O3. The zero-order valence-corrected chi connectivity index (χ0v) is 17.9. The first-order valence-electron chi connectivity index (χ1n) is 10.5. The molecule has 1 aliphatic rings. The van der Waals surface area contributed by atoms with Crippen molar-refractivity contribution >= 4 is 5.96 Å². The molecule has 2 rings (SSSR count). The van der Waals surface area contributed by atoms with Crippen LogP contribution >= 0.6 is 0 Å². The van der Waals surface area contributed by atoms with Gasteiger partial charge < -0.3 is 24.4 Å². The Morgan fingerprint density at radius 2 is 2.00 bits per heavy atom. The summed E-state index contributed by atoms with van der Waals surface area (Å²) in [6.07, 6.45) is 1.14. The fraction of sp³-hybridized carbons (Fsp3) is 0.682. The van der Waals surface area contributed by atoms with Crippen molar-refractivity contribution in [2.75, 3.05) is 59.7 Å². The van der Waals surface area contributed by atoms with Crippen LogP contribution in [0.4, 0.5) is 0 Å². The van der Waals surface area contributed by atoms with Gasteiger partial charge in [-0.3, -0.25) is 0 Å². The SMILES string of the molecule is CCNC(=NCCOc1ccc(C(C)C)cc1)N1CCC(COCCOC)C1. The van der Waals surface area contributed by atoms with E-state index in [0.29, 0.717) is 38.2 Å². The highest BCUT2D eigenvalue weighted by Gasteiger charge is 2.24. The highest BCUT2D eigenvalue weighted by Crippen LogP contribution is 2.19. The molecule has 0 aromatic heterocycles. The third kappa shape index (κ3) is 7.68. The number of hydrogen-bond donors (Lipinski definition) is 1. The molecule has 1 aromatic carbocycles. The first-order valence-corrected chi connectivity index (χ1v) is 10.5. The molecular weight excluding hydrogens is 354 g/mol. The van der Waals surface area contributed by atoms with E-state index in [-0.39, 0.29) is 0 Å². The second-order valence-corrected chi connectivity index (χ2v) is 7.48. The summed E-state index contributed by atoms with van der Waals surface area (Å²) >= 11 is 0. The van der Waals surface area contributed by atoms with Gasteiger partial charge in [0.1, 0.15) is 12.4 Å². The van der Waals surface area contributed by atoms with Crippen molar-refractivity contribution in [3.05, 3.63) is 29.8 Å². The predicted octanol–water partition coefficient (Wildman–Crippen LogP) is 3.14. The number of nitrogens with zero attached hydrogens (tertiary/aromatic N) is 2. The summed E-state index contributed by atoms with van der Waals surface area (Å²) in [7, 11) is 1.70. The maximum Gasteiger partial charge on any atom is 0.194 e. The summed E-state index contributed by atoms with van der Waals surface area (Å²) in [5.41, 5.74) is 1.33. The molecule has 158 valence electrons. The van der Waals surface area contributed by atoms with E-state index >= 15 is 0 Å². The van der Waals surface area contributed by atoms with Crippen LogP contribution in [0.5, 0.6) is 5.75 Å². The van der Waals surface area contributed by atoms with Crippen LogP contribution in [0, 0.1) is 5.92 Å². The van der Waals surface area contributed by atoms with E-state index < -0.39 is 0 Å². The van der Waals surface area contributed by atoms with Crippen LogP contribution in [0.2, 0.25) is 0 Å². The van der Waals surface area contributed by atoms with Gasteiger partial charge in [0.05, 0.1) is 26.4 Å². The molecule has 0 amide bonds. The van der Waals surface area contributed by atoms with Gasteiger partial charge in [-0.25, -0.2) is 4.99 Å². The van der Waals surface area contributed by atoms with Gasteiger partial charge in [-0.2, -0.15) is 0 Å². The zero-order valence-electron chi connectivity index (χ0n) is 17.9. The van der Waals surface area contributed by atoms with E-state index in [4.69, 9.17) is 19.2 Å². The van der Waals surface area contributed by atoms with Crippen LogP contribution < -0.4 is 10.1 Å².